The van der Waals surface area contributed by atoms with Crippen molar-refractivity contribution in [3.05, 3.63) is 68.7 Å². The highest BCUT2D eigenvalue weighted by atomic mass is 35.5. The van der Waals surface area contributed by atoms with Crippen LogP contribution in [0.15, 0.2) is 47.6 Å². The Hall–Kier alpha value is -1.75. The number of hydrogen-bond donors (Lipinski definition) is 0. The molecule has 7 heteroatoms. The first-order valence-corrected chi connectivity index (χ1v) is 7.85. The number of ether oxygens (including phenoxy) is 1. The summed E-state index contributed by atoms with van der Waals surface area (Å²) in [5, 5.41) is 6.95. The molecule has 0 saturated carbocycles. The van der Waals surface area contributed by atoms with E-state index < -0.39 is 6.23 Å². The first-order chi connectivity index (χ1) is 11.0. The molecule has 0 aliphatic carbocycles. The van der Waals surface area contributed by atoms with E-state index in [2.05, 4.69) is 5.10 Å². The van der Waals surface area contributed by atoms with Crippen LogP contribution >= 0.6 is 34.8 Å². The maximum Gasteiger partial charge on any atom is 0.243 e. The van der Waals surface area contributed by atoms with E-state index in [0.29, 0.717) is 26.5 Å². The summed E-state index contributed by atoms with van der Waals surface area (Å²) in [5.41, 5.74) is 1.41. The lowest BCUT2D eigenvalue weighted by molar-refractivity contribution is -0.135. The number of carbonyl (C=O) groups excluding carboxylic acids is 1. The van der Waals surface area contributed by atoms with Crippen molar-refractivity contribution in [2.45, 2.75) is 13.2 Å². The van der Waals surface area contributed by atoms with Gasteiger partial charge in [0.05, 0.1) is 10.0 Å². The fourth-order valence-corrected chi connectivity index (χ4v) is 2.59. The van der Waals surface area contributed by atoms with Crippen LogP contribution in [0.3, 0.4) is 0 Å². The Balaban J connectivity index is 1.95. The molecule has 3 rings (SSSR count). The first kappa shape index (κ1) is 16.1. The lowest BCUT2D eigenvalue weighted by atomic mass is 10.2. The smallest absolute Gasteiger partial charge is 0.243 e. The predicted molar refractivity (Wildman–Crippen MR) is 90.8 cm³/mol. The molecule has 1 heterocycles. The van der Waals surface area contributed by atoms with Crippen molar-refractivity contribution in [2.24, 2.45) is 5.10 Å². The number of carbonyl (C=O) groups is 1. The van der Waals surface area contributed by atoms with Gasteiger partial charge in [-0.05, 0) is 36.4 Å². The third-order valence-corrected chi connectivity index (χ3v) is 4.28. The fraction of sp³-hybridized carbons (Fsp3) is 0.125. The van der Waals surface area contributed by atoms with Gasteiger partial charge in [-0.1, -0.05) is 40.9 Å². The van der Waals surface area contributed by atoms with Gasteiger partial charge in [-0.15, -0.1) is 5.10 Å². The summed E-state index contributed by atoms with van der Waals surface area (Å²) in [7, 11) is 0. The third kappa shape index (κ3) is 3.29. The van der Waals surface area contributed by atoms with Crippen LogP contribution < -0.4 is 0 Å². The maximum atomic E-state index is 11.9. The van der Waals surface area contributed by atoms with Gasteiger partial charge in [-0.2, -0.15) is 5.01 Å². The van der Waals surface area contributed by atoms with Crippen molar-refractivity contribution >= 4 is 46.6 Å². The molecule has 23 heavy (non-hydrogen) atoms. The minimum atomic E-state index is -0.687. The molecule has 0 radical (unpaired) electrons. The van der Waals surface area contributed by atoms with Gasteiger partial charge in [-0.3, -0.25) is 4.79 Å². The zero-order chi connectivity index (χ0) is 16.6. The third-order valence-electron chi connectivity index (χ3n) is 3.29. The number of hydrogen-bond acceptors (Lipinski definition) is 3. The summed E-state index contributed by atoms with van der Waals surface area (Å²) in [5.74, 6) is 0.0953. The second-order valence-corrected chi connectivity index (χ2v) is 6.17. The topological polar surface area (TPSA) is 41.9 Å². The van der Waals surface area contributed by atoms with Gasteiger partial charge in [-0.25, -0.2) is 0 Å². The number of rotatable bonds is 2. The molecule has 0 fully saturated rings. The van der Waals surface area contributed by atoms with Gasteiger partial charge < -0.3 is 4.74 Å². The van der Waals surface area contributed by atoms with E-state index in [1.54, 1.807) is 42.5 Å². The standard InChI is InChI=1S/C16H11Cl3N2O2/c1-9(22)21-16(11-4-7-13(18)14(19)8-11)23-15(20-21)10-2-5-12(17)6-3-10/h2-8,16H,1H3/t16-/m1/s1. The number of hydrazone groups is 1. The van der Waals surface area contributed by atoms with Crippen LogP contribution in [0.2, 0.25) is 15.1 Å². The predicted octanol–water partition coefficient (Wildman–Crippen LogP) is 4.89. The molecular weight excluding hydrogens is 359 g/mol. The maximum absolute atomic E-state index is 11.9. The highest BCUT2D eigenvalue weighted by molar-refractivity contribution is 6.42. The molecule has 1 aliphatic rings. The molecule has 2 aromatic rings. The van der Waals surface area contributed by atoms with E-state index >= 15 is 0 Å². The largest absolute Gasteiger partial charge is 0.446 e. The van der Waals surface area contributed by atoms with Gasteiger partial charge in [0.1, 0.15) is 0 Å². The minimum absolute atomic E-state index is 0.245. The van der Waals surface area contributed by atoms with Crippen molar-refractivity contribution < 1.29 is 9.53 Å². The summed E-state index contributed by atoms with van der Waals surface area (Å²) in [6.45, 7) is 1.42. The van der Waals surface area contributed by atoms with Crippen LogP contribution in [-0.2, 0) is 9.53 Å². The Kier molecular flexibility index (Phi) is 4.48. The van der Waals surface area contributed by atoms with Crippen LogP contribution in [0.1, 0.15) is 24.3 Å². The summed E-state index contributed by atoms with van der Waals surface area (Å²) in [6, 6.07) is 12.1. The van der Waals surface area contributed by atoms with Crippen molar-refractivity contribution in [1.82, 2.24) is 5.01 Å². The Bertz CT molecular complexity index is 790. The van der Waals surface area contributed by atoms with Crippen molar-refractivity contribution in [3.8, 4) is 0 Å². The second-order valence-electron chi connectivity index (χ2n) is 4.92. The second kappa shape index (κ2) is 6.40. The summed E-state index contributed by atoms with van der Waals surface area (Å²) in [6.07, 6.45) is -0.687. The SMILES string of the molecule is CC(=O)N1N=C(c2ccc(Cl)cc2)O[C@@H]1c1ccc(Cl)c(Cl)c1. The molecule has 2 aromatic carbocycles. The van der Waals surface area contributed by atoms with Gasteiger partial charge in [0.2, 0.25) is 18.0 Å². The Morgan fingerprint density at radius 3 is 2.39 bits per heavy atom. The zero-order valence-corrected chi connectivity index (χ0v) is 14.2. The normalized spacial score (nSPS) is 17.0. The van der Waals surface area contributed by atoms with Crippen LogP contribution in [0.4, 0.5) is 0 Å². The summed E-state index contributed by atoms with van der Waals surface area (Å²) < 4.78 is 5.85. The van der Waals surface area contributed by atoms with Gasteiger partial charge >= 0.3 is 0 Å². The molecule has 0 bridgehead atoms. The lowest BCUT2D eigenvalue weighted by Crippen LogP contribution is -2.25. The lowest BCUT2D eigenvalue weighted by Gasteiger charge is -2.19. The molecule has 1 aliphatic heterocycles. The van der Waals surface area contributed by atoms with Crippen molar-refractivity contribution in [1.29, 1.82) is 0 Å². The summed E-state index contributed by atoms with van der Waals surface area (Å²) in [4.78, 5) is 11.9. The number of amides is 1. The van der Waals surface area contributed by atoms with E-state index in [1.165, 1.54) is 11.9 Å². The summed E-state index contributed by atoms with van der Waals surface area (Å²) >= 11 is 17.9. The molecule has 0 saturated heterocycles. The fourth-order valence-electron chi connectivity index (χ4n) is 2.16. The first-order valence-electron chi connectivity index (χ1n) is 6.71. The van der Waals surface area contributed by atoms with Crippen LogP contribution in [0.5, 0.6) is 0 Å². The Morgan fingerprint density at radius 2 is 1.78 bits per heavy atom. The molecule has 4 nitrogen and oxygen atoms in total. The number of nitrogens with zero attached hydrogens (tertiary/aromatic N) is 2. The van der Waals surface area contributed by atoms with E-state index in [9.17, 15) is 4.79 Å². The van der Waals surface area contributed by atoms with Crippen LogP contribution in [0, 0.1) is 0 Å². The van der Waals surface area contributed by atoms with Crippen molar-refractivity contribution in [3.63, 3.8) is 0 Å². The number of benzene rings is 2. The van der Waals surface area contributed by atoms with E-state index in [-0.39, 0.29) is 5.91 Å². The van der Waals surface area contributed by atoms with Crippen LogP contribution in [-0.4, -0.2) is 16.8 Å². The molecule has 1 atom stereocenters. The number of halogens is 3. The van der Waals surface area contributed by atoms with E-state index in [1.807, 2.05) is 0 Å². The van der Waals surface area contributed by atoms with Crippen molar-refractivity contribution in [2.75, 3.05) is 0 Å². The molecule has 0 aromatic heterocycles. The van der Waals surface area contributed by atoms with Gasteiger partial charge in [0, 0.05) is 23.1 Å². The molecule has 0 unspecified atom stereocenters. The average molecular weight is 370 g/mol. The monoisotopic (exact) mass is 368 g/mol. The van der Waals surface area contributed by atoms with Gasteiger partial charge in [0.25, 0.3) is 0 Å². The zero-order valence-electron chi connectivity index (χ0n) is 12.0. The molecule has 0 spiro atoms. The molecular formula is C16H11Cl3N2O2. The average Bonchev–Trinajstić information content (AvgIpc) is 2.96. The van der Waals surface area contributed by atoms with Crippen LogP contribution in [0.25, 0.3) is 0 Å². The Labute approximate surface area is 148 Å². The minimum Gasteiger partial charge on any atom is -0.446 e. The molecule has 1 amide bonds. The molecule has 0 N–H and O–H groups in total. The van der Waals surface area contributed by atoms with E-state index in [0.717, 1.165) is 5.56 Å². The quantitative estimate of drug-likeness (QED) is 0.756. The molecule has 118 valence electrons. The van der Waals surface area contributed by atoms with E-state index in [4.69, 9.17) is 39.5 Å². The highest BCUT2D eigenvalue weighted by Gasteiger charge is 2.33. The van der Waals surface area contributed by atoms with Gasteiger partial charge in [0.15, 0.2) is 0 Å². The highest BCUT2D eigenvalue weighted by Crippen LogP contribution is 2.33. The Morgan fingerprint density at radius 1 is 1.09 bits per heavy atom.